The van der Waals surface area contributed by atoms with Crippen LogP contribution in [0, 0.1) is 5.92 Å². The number of hydrazine groups is 1. The number of likely N-dealkylation sites (tertiary alicyclic amines) is 1. The summed E-state index contributed by atoms with van der Waals surface area (Å²) >= 11 is 0. The summed E-state index contributed by atoms with van der Waals surface area (Å²) in [5, 5.41) is 14.5. The van der Waals surface area contributed by atoms with Crippen LogP contribution in [0.5, 0.6) is 5.75 Å². The van der Waals surface area contributed by atoms with E-state index in [-0.39, 0.29) is 6.61 Å². The van der Waals surface area contributed by atoms with Crippen LogP contribution in [0.15, 0.2) is 58.2 Å². The zero-order valence-corrected chi connectivity index (χ0v) is 19.6. The van der Waals surface area contributed by atoms with Crippen molar-refractivity contribution in [3.05, 3.63) is 48.2 Å². The van der Waals surface area contributed by atoms with Gasteiger partial charge in [0.25, 0.3) is 0 Å². The third kappa shape index (κ3) is 5.80. The molecule has 3 aliphatic heterocycles. The number of methoxy groups -OCH3 is 1. The highest BCUT2D eigenvalue weighted by atomic mass is 16.5. The van der Waals surface area contributed by atoms with E-state index in [2.05, 4.69) is 27.2 Å². The molecule has 1 saturated heterocycles. The molecule has 35 heavy (non-hydrogen) atoms. The molecule has 0 aromatic heterocycles. The highest BCUT2D eigenvalue weighted by molar-refractivity contribution is 6.05. The minimum atomic E-state index is -0.946. The monoisotopic (exact) mass is 482 g/mol. The lowest BCUT2D eigenvalue weighted by Gasteiger charge is -2.37. The first-order valence-electron chi connectivity index (χ1n) is 11.5. The molecule has 0 aliphatic carbocycles. The van der Waals surface area contributed by atoms with E-state index in [1.54, 1.807) is 13.4 Å². The second kappa shape index (κ2) is 11.0. The number of benzene rings is 1. The van der Waals surface area contributed by atoms with Crippen molar-refractivity contribution in [1.29, 1.82) is 0 Å². The van der Waals surface area contributed by atoms with Crippen molar-refractivity contribution in [2.24, 2.45) is 15.9 Å². The van der Waals surface area contributed by atoms with Crippen molar-refractivity contribution >= 4 is 29.9 Å². The first kappa shape index (κ1) is 24.3. The van der Waals surface area contributed by atoms with Gasteiger partial charge in [0.15, 0.2) is 5.84 Å². The number of hydrogen-bond donors (Lipinski definition) is 3. The largest absolute Gasteiger partial charge is 0.497 e. The van der Waals surface area contributed by atoms with E-state index in [0.29, 0.717) is 37.6 Å². The van der Waals surface area contributed by atoms with Crippen LogP contribution in [0.3, 0.4) is 0 Å². The van der Waals surface area contributed by atoms with Crippen molar-refractivity contribution in [3.8, 4) is 5.75 Å². The van der Waals surface area contributed by atoms with E-state index in [1.807, 2.05) is 29.3 Å². The molecule has 0 saturated carbocycles. The van der Waals surface area contributed by atoms with Gasteiger partial charge in [-0.3, -0.25) is 20.1 Å². The lowest BCUT2D eigenvalue weighted by molar-refractivity contribution is -0.144. The predicted molar refractivity (Wildman–Crippen MR) is 131 cm³/mol. The van der Waals surface area contributed by atoms with Crippen LogP contribution in [0.4, 0.5) is 10.5 Å². The van der Waals surface area contributed by atoms with Gasteiger partial charge in [0.2, 0.25) is 0 Å². The average molecular weight is 483 g/mol. The lowest BCUT2D eigenvalue weighted by Crippen LogP contribution is -2.54. The molecule has 0 spiro atoms. The van der Waals surface area contributed by atoms with Gasteiger partial charge in [0, 0.05) is 38.3 Å². The van der Waals surface area contributed by atoms with Crippen molar-refractivity contribution in [1.82, 2.24) is 20.7 Å². The van der Waals surface area contributed by atoms with Crippen LogP contribution >= 0.6 is 0 Å². The van der Waals surface area contributed by atoms with Crippen LogP contribution in [0.2, 0.25) is 0 Å². The highest BCUT2D eigenvalue weighted by Gasteiger charge is 2.37. The Morgan fingerprint density at radius 2 is 2.26 bits per heavy atom. The molecule has 3 aliphatic rings. The maximum absolute atomic E-state index is 12.0. The fraction of sp³-hybridized carbons (Fsp3) is 0.417. The van der Waals surface area contributed by atoms with E-state index in [9.17, 15) is 14.7 Å². The Morgan fingerprint density at radius 3 is 3.03 bits per heavy atom. The molecule has 1 aromatic carbocycles. The summed E-state index contributed by atoms with van der Waals surface area (Å²) in [7, 11) is 1.61. The Bertz CT molecular complexity index is 1070. The van der Waals surface area contributed by atoms with Crippen molar-refractivity contribution < 1.29 is 24.2 Å². The Morgan fingerprint density at radius 1 is 1.40 bits per heavy atom. The number of nitrogens with zero attached hydrogens (tertiary/aromatic N) is 4. The Hall–Kier alpha value is -3.86. The summed E-state index contributed by atoms with van der Waals surface area (Å²) in [6, 6.07) is 6.98. The van der Waals surface area contributed by atoms with E-state index < -0.39 is 24.0 Å². The number of amides is 1. The number of rotatable bonds is 8. The molecular formula is C24H30N6O5. The topological polar surface area (TPSA) is 128 Å². The van der Waals surface area contributed by atoms with Gasteiger partial charge in [-0.2, -0.15) is 0 Å². The van der Waals surface area contributed by atoms with Gasteiger partial charge < -0.3 is 19.9 Å². The molecule has 3 heterocycles. The van der Waals surface area contributed by atoms with Crippen molar-refractivity contribution in [2.75, 3.05) is 39.9 Å². The summed E-state index contributed by atoms with van der Waals surface area (Å²) in [5.74, 6) is -0.373. The molecule has 2 unspecified atom stereocenters. The number of ether oxygens (including phenoxy) is 2. The number of nitrogens with one attached hydrogen (secondary N) is 2. The van der Waals surface area contributed by atoms with E-state index in [0.717, 1.165) is 29.9 Å². The molecule has 0 bridgehead atoms. The molecule has 1 fully saturated rings. The van der Waals surface area contributed by atoms with Gasteiger partial charge in [-0.1, -0.05) is 18.7 Å². The molecule has 11 heteroatoms. The summed E-state index contributed by atoms with van der Waals surface area (Å²) in [5.41, 5.74) is 5.94. The summed E-state index contributed by atoms with van der Waals surface area (Å²) in [6.45, 7) is 5.91. The number of hydrogen-bond acceptors (Lipinski definition) is 8. The molecule has 11 nitrogen and oxygen atoms in total. The zero-order valence-electron chi connectivity index (χ0n) is 19.6. The normalized spacial score (nSPS) is 23.0. The Labute approximate surface area is 203 Å². The summed E-state index contributed by atoms with van der Waals surface area (Å²) in [4.78, 5) is 35.2. The number of carbonyl (C=O) groups is 2. The Kier molecular flexibility index (Phi) is 7.66. The third-order valence-electron chi connectivity index (χ3n) is 6.21. The van der Waals surface area contributed by atoms with Crippen molar-refractivity contribution in [2.45, 2.75) is 18.9 Å². The van der Waals surface area contributed by atoms with E-state index in [4.69, 9.17) is 14.5 Å². The molecule has 3 N–H and O–H groups in total. The molecular weight excluding hydrogens is 452 g/mol. The number of alkyl carbamates (subject to hydrolysis) is 1. The zero-order chi connectivity index (χ0) is 24.8. The van der Waals surface area contributed by atoms with Crippen LogP contribution in [0.1, 0.15) is 12.8 Å². The number of amidine groups is 1. The maximum Gasteiger partial charge on any atom is 0.407 e. The van der Waals surface area contributed by atoms with Crippen LogP contribution < -0.4 is 15.5 Å². The molecule has 0 radical (unpaired) electrons. The SMILES string of the molecule is C=CCOC(=O)NC1CCN(CC2=C3C(=Nc4cccc(OC)c4)N=CNN3CC2)CC1C(=O)O. The number of carboxylic acids is 1. The first-order chi connectivity index (χ1) is 17.0. The molecule has 186 valence electrons. The van der Waals surface area contributed by atoms with Crippen LogP contribution in [-0.2, 0) is 9.53 Å². The number of fused-ring (bicyclic) bond motifs is 1. The van der Waals surface area contributed by atoms with Gasteiger partial charge >= 0.3 is 12.1 Å². The first-order valence-corrected chi connectivity index (χ1v) is 11.5. The van der Waals surface area contributed by atoms with Gasteiger partial charge in [0.1, 0.15) is 24.4 Å². The number of carboxylic acid groups (broad SMARTS) is 1. The smallest absolute Gasteiger partial charge is 0.407 e. The number of piperidine rings is 1. The molecule has 2 atom stereocenters. The number of aliphatic imine (C=N–C) groups is 2. The molecule has 1 amide bonds. The summed E-state index contributed by atoms with van der Waals surface area (Å²) in [6.07, 6.45) is 3.78. The minimum absolute atomic E-state index is 0.0754. The van der Waals surface area contributed by atoms with Gasteiger partial charge in [0.05, 0.1) is 18.7 Å². The summed E-state index contributed by atoms with van der Waals surface area (Å²) < 4.78 is 10.3. The van der Waals surface area contributed by atoms with Crippen LogP contribution in [-0.4, -0.2) is 85.2 Å². The van der Waals surface area contributed by atoms with Crippen LogP contribution in [0.25, 0.3) is 0 Å². The second-order valence-electron chi connectivity index (χ2n) is 8.48. The Balaban J connectivity index is 1.49. The highest BCUT2D eigenvalue weighted by Crippen LogP contribution is 2.29. The predicted octanol–water partition coefficient (Wildman–Crippen LogP) is 1.92. The maximum atomic E-state index is 12.0. The number of carbonyl (C=O) groups excluding carboxylic acids is 1. The second-order valence-corrected chi connectivity index (χ2v) is 8.48. The minimum Gasteiger partial charge on any atom is -0.497 e. The molecule has 4 rings (SSSR count). The van der Waals surface area contributed by atoms with Gasteiger partial charge in [-0.25, -0.2) is 14.8 Å². The third-order valence-corrected chi connectivity index (χ3v) is 6.21. The van der Waals surface area contributed by atoms with E-state index >= 15 is 0 Å². The average Bonchev–Trinajstić information content (AvgIpc) is 3.27. The fourth-order valence-corrected chi connectivity index (χ4v) is 4.52. The fourth-order valence-electron chi connectivity index (χ4n) is 4.52. The number of aliphatic carboxylic acids is 1. The molecule has 1 aromatic rings. The van der Waals surface area contributed by atoms with E-state index in [1.165, 1.54) is 6.08 Å². The lowest BCUT2D eigenvalue weighted by atomic mass is 9.91. The van der Waals surface area contributed by atoms with Gasteiger partial charge in [-0.05, 0) is 30.5 Å². The standard InChI is InChI=1S/C24H30N6O5/c1-3-11-35-24(33)28-20-8-9-29(14-19(20)23(31)32)13-16-7-10-30-21(16)22(25-15-26-30)27-17-5-4-6-18(12-17)34-2/h3-6,12,15,19-20H,1,7-11,13-14H2,2H3,(H,28,33)(H,31,32)(H,25,26,27). The quantitative estimate of drug-likeness (QED) is 0.480. The van der Waals surface area contributed by atoms with Crippen molar-refractivity contribution in [3.63, 3.8) is 0 Å². The van der Waals surface area contributed by atoms with Gasteiger partial charge in [-0.15, -0.1) is 0 Å².